The first-order chi connectivity index (χ1) is 9.42. The van der Waals surface area contributed by atoms with Crippen LogP contribution in [-0.2, 0) is 22.3 Å². The first-order valence-electron chi connectivity index (χ1n) is 7.05. The molecule has 2 rings (SSSR count). The van der Waals surface area contributed by atoms with Crippen LogP contribution in [0.4, 0.5) is 5.82 Å². The SMILES string of the molecule is COCCOCCCCNc1ncnc2c1CCC2. The average Bonchev–Trinajstić information content (AvgIpc) is 2.91. The van der Waals surface area contributed by atoms with Gasteiger partial charge in [0.1, 0.15) is 12.1 Å². The number of nitrogens with zero attached hydrogens (tertiary/aromatic N) is 2. The molecule has 1 aliphatic rings. The maximum Gasteiger partial charge on any atom is 0.132 e. The van der Waals surface area contributed by atoms with Crippen LogP contribution in [0, 0.1) is 0 Å². The first kappa shape index (κ1) is 14.2. The highest BCUT2D eigenvalue weighted by atomic mass is 16.5. The van der Waals surface area contributed by atoms with Crippen molar-refractivity contribution in [3.63, 3.8) is 0 Å². The highest BCUT2D eigenvalue weighted by molar-refractivity contribution is 5.47. The Hall–Kier alpha value is -1.20. The summed E-state index contributed by atoms with van der Waals surface area (Å²) in [6.07, 6.45) is 7.23. The summed E-state index contributed by atoms with van der Waals surface area (Å²) in [5.74, 6) is 1.03. The molecule has 0 radical (unpaired) electrons. The summed E-state index contributed by atoms with van der Waals surface area (Å²) in [6, 6.07) is 0. The van der Waals surface area contributed by atoms with Gasteiger partial charge in [0.2, 0.25) is 0 Å². The maximum atomic E-state index is 5.42. The number of aryl methyl sites for hydroxylation is 1. The number of rotatable bonds is 9. The third kappa shape index (κ3) is 4.44. The molecule has 19 heavy (non-hydrogen) atoms. The predicted octanol–water partition coefficient (Wildman–Crippen LogP) is 1.82. The van der Waals surface area contributed by atoms with Gasteiger partial charge >= 0.3 is 0 Å². The molecule has 1 aromatic heterocycles. The van der Waals surface area contributed by atoms with E-state index in [1.807, 2.05) is 0 Å². The third-order valence-electron chi connectivity index (χ3n) is 3.31. The van der Waals surface area contributed by atoms with Crippen LogP contribution in [0.2, 0.25) is 0 Å². The lowest BCUT2D eigenvalue weighted by Crippen LogP contribution is -2.09. The minimum Gasteiger partial charge on any atom is -0.382 e. The first-order valence-corrected chi connectivity index (χ1v) is 7.05. The van der Waals surface area contributed by atoms with Gasteiger partial charge < -0.3 is 14.8 Å². The minimum absolute atomic E-state index is 0.672. The number of ether oxygens (including phenoxy) is 2. The van der Waals surface area contributed by atoms with Crippen molar-refractivity contribution in [2.45, 2.75) is 32.1 Å². The molecule has 1 heterocycles. The molecule has 106 valence electrons. The molecule has 0 fully saturated rings. The Kier molecular flexibility index (Phi) is 6.04. The maximum absolute atomic E-state index is 5.42. The molecule has 0 bridgehead atoms. The van der Waals surface area contributed by atoms with Gasteiger partial charge in [-0.15, -0.1) is 0 Å². The van der Waals surface area contributed by atoms with Crippen LogP contribution < -0.4 is 5.32 Å². The Labute approximate surface area is 114 Å². The van der Waals surface area contributed by atoms with E-state index in [0.717, 1.165) is 44.7 Å². The fourth-order valence-corrected chi connectivity index (χ4v) is 2.29. The zero-order valence-electron chi connectivity index (χ0n) is 11.7. The van der Waals surface area contributed by atoms with Gasteiger partial charge in [-0.3, -0.25) is 0 Å². The summed E-state index contributed by atoms with van der Waals surface area (Å²) in [4.78, 5) is 8.66. The van der Waals surface area contributed by atoms with Crippen molar-refractivity contribution >= 4 is 5.82 Å². The van der Waals surface area contributed by atoms with E-state index in [1.165, 1.54) is 17.7 Å². The van der Waals surface area contributed by atoms with E-state index >= 15 is 0 Å². The second-order valence-corrected chi connectivity index (χ2v) is 4.74. The Morgan fingerprint density at radius 1 is 1.16 bits per heavy atom. The van der Waals surface area contributed by atoms with E-state index in [2.05, 4.69) is 15.3 Å². The summed E-state index contributed by atoms with van der Waals surface area (Å²) in [5.41, 5.74) is 2.54. The molecule has 0 saturated carbocycles. The normalized spacial score (nSPS) is 13.5. The summed E-state index contributed by atoms with van der Waals surface area (Å²) in [5, 5.41) is 3.42. The van der Waals surface area contributed by atoms with Crippen molar-refractivity contribution in [2.24, 2.45) is 0 Å². The van der Waals surface area contributed by atoms with Crippen LogP contribution in [-0.4, -0.2) is 43.4 Å². The van der Waals surface area contributed by atoms with Crippen LogP contribution >= 0.6 is 0 Å². The van der Waals surface area contributed by atoms with Crippen molar-refractivity contribution in [3.05, 3.63) is 17.6 Å². The zero-order valence-corrected chi connectivity index (χ0v) is 11.7. The van der Waals surface area contributed by atoms with E-state index in [4.69, 9.17) is 9.47 Å². The van der Waals surface area contributed by atoms with Gasteiger partial charge in [-0.2, -0.15) is 0 Å². The van der Waals surface area contributed by atoms with Crippen LogP contribution in [0.15, 0.2) is 6.33 Å². The molecule has 0 aromatic carbocycles. The van der Waals surface area contributed by atoms with E-state index in [0.29, 0.717) is 13.2 Å². The van der Waals surface area contributed by atoms with Crippen molar-refractivity contribution < 1.29 is 9.47 Å². The summed E-state index contributed by atoms with van der Waals surface area (Å²) < 4.78 is 10.3. The fourth-order valence-electron chi connectivity index (χ4n) is 2.29. The fraction of sp³-hybridized carbons (Fsp3) is 0.714. The number of nitrogens with one attached hydrogen (secondary N) is 1. The summed E-state index contributed by atoms with van der Waals surface area (Å²) >= 11 is 0. The molecular formula is C14H23N3O2. The molecule has 0 spiro atoms. The molecule has 0 unspecified atom stereocenters. The molecule has 5 heteroatoms. The van der Waals surface area contributed by atoms with Gasteiger partial charge in [0, 0.05) is 31.5 Å². The predicted molar refractivity (Wildman–Crippen MR) is 74.5 cm³/mol. The molecule has 0 aliphatic heterocycles. The highest BCUT2D eigenvalue weighted by Crippen LogP contribution is 2.24. The molecule has 5 nitrogen and oxygen atoms in total. The number of anilines is 1. The number of aromatic nitrogens is 2. The van der Waals surface area contributed by atoms with Crippen molar-refractivity contribution in [1.29, 1.82) is 0 Å². The Bertz CT molecular complexity index is 385. The van der Waals surface area contributed by atoms with E-state index in [9.17, 15) is 0 Å². The third-order valence-corrected chi connectivity index (χ3v) is 3.31. The lowest BCUT2D eigenvalue weighted by atomic mass is 10.2. The van der Waals surface area contributed by atoms with Gasteiger partial charge in [-0.05, 0) is 32.1 Å². The monoisotopic (exact) mass is 265 g/mol. The molecule has 0 amide bonds. The number of fused-ring (bicyclic) bond motifs is 1. The van der Waals surface area contributed by atoms with E-state index in [-0.39, 0.29) is 0 Å². The smallest absolute Gasteiger partial charge is 0.132 e. The van der Waals surface area contributed by atoms with Gasteiger partial charge in [0.25, 0.3) is 0 Å². The summed E-state index contributed by atoms with van der Waals surface area (Å²) in [6.45, 7) is 3.10. The van der Waals surface area contributed by atoms with Crippen molar-refractivity contribution in [2.75, 3.05) is 38.8 Å². The Morgan fingerprint density at radius 2 is 2.11 bits per heavy atom. The lowest BCUT2D eigenvalue weighted by Gasteiger charge is -2.09. The number of hydrogen-bond acceptors (Lipinski definition) is 5. The molecule has 1 aromatic rings. The molecule has 1 N–H and O–H groups in total. The minimum atomic E-state index is 0.672. The van der Waals surface area contributed by atoms with Gasteiger partial charge in [0.05, 0.1) is 13.2 Å². The van der Waals surface area contributed by atoms with Crippen molar-refractivity contribution in [3.8, 4) is 0 Å². The van der Waals surface area contributed by atoms with Crippen molar-refractivity contribution in [1.82, 2.24) is 9.97 Å². The molecular weight excluding hydrogens is 242 g/mol. The number of methoxy groups -OCH3 is 1. The molecule has 0 saturated heterocycles. The average molecular weight is 265 g/mol. The summed E-state index contributed by atoms with van der Waals surface area (Å²) in [7, 11) is 1.69. The quantitative estimate of drug-likeness (QED) is 0.690. The van der Waals surface area contributed by atoms with E-state index in [1.54, 1.807) is 13.4 Å². The molecule has 0 atom stereocenters. The molecule has 1 aliphatic carbocycles. The highest BCUT2D eigenvalue weighted by Gasteiger charge is 2.16. The van der Waals surface area contributed by atoms with Gasteiger partial charge in [-0.1, -0.05) is 0 Å². The van der Waals surface area contributed by atoms with E-state index < -0.39 is 0 Å². The van der Waals surface area contributed by atoms with Crippen LogP contribution in [0.5, 0.6) is 0 Å². The van der Waals surface area contributed by atoms with Crippen LogP contribution in [0.3, 0.4) is 0 Å². The van der Waals surface area contributed by atoms with Gasteiger partial charge in [-0.25, -0.2) is 9.97 Å². The number of hydrogen-bond donors (Lipinski definition) is 1. The van der Waals surface area contributed by atoms with Crippen LogP contribution in [0.25, 0.3) is 0 Å². The lowest BCUT2D eigenvalue weighted by molar-refractivity contribution is 0.0691. The van der Waals surface area contributed by atoms with Crippen LogP contribution in [0.1, 0.15) is 30.5 Å². The topological polar surface area (TPSA) is 56.3 Å². The second-order valence-electron chi connectivity index (χ2n) is 4.74. The Morgan fingerprint density at radius 3 is 3.00 bits per heavy atom. The Balaban J connectivity index is 1.60. The zero-order chi connectivity index (χ0) is 13.3. The van der Waals surface area contributed by atoms with Gasteiger partial charge in [0.15, 0.2) is 0 Å². The largest absolute Gasteiger partial charge is 0.382 e. The second kappa shape index (κ2) is 8.07. The standard InChI is InChI=1S/C14H23N3O2/c1-18-9-10-19-8-3-2-7-15-14-12-5-4-6-13(12)16-11-17-14/h11H,2-10H2,1H3,(H,15,16,17). The number of unbranched alkanes of at least 4 members (excludes halogenated alkanes) is 1.